The van der Waals surface area contributed by atoms with Crippen LogP contribution in [0.1, 0.15) is 11.1 Å². The van der Waals surface area contributed by atoms with E-state index in [1.807, 2.05) is 0 Å². The molecule has 1 aromatic carbocycles. The van der Waals surface area contributed by atoms with Crippen molar-refractivity contribution in [1.82, 2.24) is 4.57 Å². The number of nitrogens with two attached hydrogens (primary N) is 1. The number of benzene rings is 1. The van der Waals surface area contributed by atoms with Crippen molar-refractivity contribution in [3.05, 3.63) is 52.3 Å². The Morgan fingerprint density at radius 2 is 2.12 bits per heavy atom. The average Bonchev–Trinajstić information content (AvgIpc) is 2.71. The SMILES string of the molecule is Cc1cc(-n2ccc(CCN)c2)ccc1Br. The minimum absolute atomic E-state index is 0.698. The van der Waals surface area contributed by atoms with E-state index in [1.54, 1.807) is 0 Å². The molecule has 0 aliphatic rings. The van der Waals surface area contributed by atoms with Crippen LogP contribution in [-0.2, 0) is 6.42 Å². The number of hydrogen-bond acceptors (Lipinski definition) is 1. The van der Waals surface area contributed by atoms with Gasteiger partial charge in [-0.2, -0.15) is 0 Å². The lowest BCUT2D eigenvalue weighted by Gasteiger charge is -2.05. The van der Waals surface area contributed by atoms with Gasteiger partial charge in [-0.05, 0) is 55.3 Å². The van der Waals surface area contributed by atoms with Gasteiger partial charge in [-0.1, -0.05) is 15.9 Å². The smallest absolute Gasteiger partial charge is 0.0452 e. The van der Waals surface area contributed by atoms with Gasteiger partial charge in [0, 0.05) is 22.6 Å². The molecule has 0 saturated heterocycles. The molecule has 2 aromatic rings. The van der Waals surface area contributed by atoms with Gasteiger partial charge in [-0.3, -0.25) is 0 Å². The minimum atomic E-state index is 0.698. The largest absolute Gasteiger partial charge is 0.330 e. The molecule has 0 bridgehead atoms. The highest BCUT2D eigenvalue weighted by Crippen LogP contribution is 2.20. The third kappa shape index (κ3) is 2.36. The maximum atomic E-state index is 5.54. The van der Waals surface area contributed by atoms with Crippen molar-refractivity contribution in [2.45, 2.75) is 13.3 Å². The van der Waals surface area contributed by atoms with Gasteiger partial charge in [0.15, 0.2) is 0 Å². The monoisotopic (exact) mass is 278 g/mol. The Bertz CT molecular complexity index is 488. The van der Waals surface area contributed by atoms with E-state index in [4.69, 9.17) is 5.73 Å². The zero-order valence-corrected chi connectivity index (χ0v) is 10.9. The van der Waals surface area contributed by atoms with E-state index < -0.39 is 0 Å². The Hall–Kier alpha value is -1.06. The van der Waals surface area contributed by atoms with Crippen LogP contribution in [0.2, 0.25) is 0 Å². The van der Waals surface area contributed by atoms with Crippen molar-refractivity contribution in [1.29, 1.82) is 0 Å². The predicted molar refractivity (Wildman–Crippen MR) is 71.0 cm³/mol. The molecule has 2 rings (SSSR count). The van der Waals surface area contributed by atoms with Gasteiger partial charge < -0.3 is 10.3 Å². The van der Waals surface area contributed by atoms with Crippen molar-refractivity contribution < 1.29 is 0 Å². The molecule has 0 fully saturated rings. The quantitative estimate of drug-likeness (QED) is 0.919. The van der Waals surface area contributed by atoms with E-state index in [-0.39, 0.29) is 0 Å². The zero-order chi connectivity index (χ0) is 11.5. The molecule has 0 aliphatic carbocycles. The topological polar surface area (TPSA) is 30.9 Å². The van der Waals surface area contributed by atoms with Gasteiger partial charge in [0.2, 0.25) is 0 Å². The minimum Gasteiger partial charge on any atom is -0.330 e. The Morgan fingerprint density at radius 3 is 2.81 bits per heavy atom. The van der Waals surface area contributed by atoms with Crippen LogP contribution in [0.4, 0.5) is 0 Å². The van der Waals surface area contributed by atoms with Gasteiger partial charge >= 0.3 is 0 Å². The fourth-order valence-corrected chi connectivity index (χ4v) is 1.95. The highest BCUT2D eigenvalue weighted by Gasteiger charge is 2.01. The normalized spacial score (nSPS) is 10.7. The van der Waals surface area contributed by atoms with Crippen LogP contribution in [0.25, 0.3) is 5.69 Å². The summed E-state index contributed by atoms with van der Waals surface area (Å²) in [4.78, 5) is 0. The third-order valence-corrected chi connectivity index (χ3v) is 3.52. The summed E-state index contributed by atoms with van der Waals surface area (Å²) in [6, 6.07) is 8.46. The van der Waals surface area contributed by atoms with Crippen molar-refractivity contribution in [2.24, 2.45) is 5.73 Å². The molecule has 0 unspecified atom stereocenters. The molecule has 0 aliphatic heterocycles. The van der Waals surface area contributed by atoms with Crippen LogP contribution in [0, 0.1) is 6.92 Å². The molecule has 0 amide bonds. The number of aromatic nitrogens is 1. The van der Waals surface area contributed by atoms with Gasteiger partial charge in [-0.15, -0.1) is 0 Å². The Kier molecular flexibility index (Phi) is 3.46. The molecule has 1 heterocycles. The molecule has 84 valence electrons. The summed E-state index contributed by atoms with van der Waals surface area (Å²) in [6.45, 7) is 2.79. The summed E-state index contributed by atoms with van der Waals surface area (Å²) in [6.07, 6.45) is 5.14. The lowest BCUT2D eigenvalue weighted by molar-refractivity contribution is 0.961. The van der Waals surface area contributed by atoms with Crippen LogP contribution in [0.3, 0.4) is 0 Å². The first-order chi connectivity index (χ1) is 7.70. The molecular formula is C13H15BrN2. The molecule has 16 heavy (non-hydrogen) atoms. The number of rotatable bonds is 3. The van der Waals surface area contributed by atoms with E-state index in [9.17, 15) is 0 Å². The average molecular weight is 279 g/mol. The molecule has 0 atom stereocenters. The third-order valence-electron chi connectivity index (χ3n) is 2.63. The number of halogens is 1. The van der Waals surface area contributed by atoms with E-state index >= 15 is 0 Å². The van der Waals surface area contributed by atoms with Crippen LogP contribution < -0.4 is 5.73 Å². The predicted octanol–water partition coefficient (Wildman–Crippen LogP) is 3.05. The molecule has 3 heteroatoms. The lowest BCUT2D eigenvalue weighted by Crippen LogP contribution is -2.01. The zero-order valence-electron chi connectivity index (χ0n) is 9.28. The van der Waals surface area contributed by atoms with Crippen molar-refractivity contribution in [2.75, 3.05) is 6.54 Å². The van der Waals surface area contributed by atoms with Crippen LogP contribution in [-0.4, -0.2) is 11.1 Å². The van der Waals surface area contributed by atoms with Crippen molar-refractivity contribution in [3.8, 4) is 5.69 Å². The maximum Gasteiger partial charge on any atom is 0.0452 e. The van der Waals surface area contributed by atoms with Gasteiger partial charge in [0.1, 0.15) is 0 Å². The summed E-state index contributed by atoms with van der Waals surface area (Å²) >= 11 is 3.51. The first-order valence-corrected chi connectivity index (χ1v) is 6.13. The number of hydrogen-bond donors (Lipinski definition) is 1. The van der Waals surface area contributed by atoms with Gasteiger partial charge in [0.05, 0.1) is 0 Å². The maximum absolute atomic E-state index is 5.54. The second-order valence-corrected chi connectivity index (χ2v) is 4.75. The molecule has 2 N–H and O–H groups in total. The van der Waals surface area contributed by atoms with Gasteiger partial charge in [0.25, 0.3) is 0 Å². The molecule has 0 saturated carbocycles. The van der Waals surface area contributed by atoms with Crippen LogP contribution in [0.15, 0.2) is 41.1 Å². The van der Waals surface area contributed by atoms with Crippen molar-refractivity contribution >= 4 is 15.9 Å². The second-order valence-electron chi connectivity index (χ2n) is 3.90. The molecule has 0 spiro atoms. The summed E-state index contributed by atoms with van der Waals surface area (Å²) < 4.78 is 3.27. The Labute approximate surface area is 104 Å². The first-order valence-electron chi connectivity index (χ1n) is 5.34. The lowest BCUT2D eigenvalue weighted by atomic mass is 10.2. The summed E-state index contributed by atoms with van der Waals surface area (Å²) in [5, 5.41) is 0. The fraction of sp³-hybridized carbons (Fsp3) is 0.231. The van der Waals surface area contributed by atoms with Crippen LogP contribution >= 0.6 is 15.9 Å². The molecular weight excluding hydrogens is 264 g/mol. The van der Waals surface area contributed by atoms with E-state index in [2.05, 4.69) is 64.1 Å². The summed E-state index contributed by atoms with van der Waals surface area (Å²) in [5.41, 5.74) is 9.24. The summed E-state index contributed by atoms with van der Waals surface area (Å²) in [7, 11) is 0. The first kappa shape index (κ1) is 11.4. The standard InChI is InChI=1S/C13H15BrN2/c1-10-8-12(2-3-13(10)14)16-7-5-11(9-16)4-6-15/h2-3,5,7-9H,4,6,15H2,1H3. The highest BCUT2D eigenvalue weighted by molar-refractivity contribution is 9.10. The molecule has 2 nitrogen and oxygen atoms in total. The number of nitrogens with zero attached hydrogens (tertiary/aromatic N) is 1. The Balaban J connectivity index is 2.31. The van der Waals surface area contributed by atoms with Crippen LogP contribution in [0.5, 0.6) is 0 Å². The molecule has 0 radical (unpaired) electrons. The molecule has 1 aromatic heterocycles. The van der Waals surface area contributed by atoms with Crippen molar-refractivity contribution in [3.63, 3.8) is 0 Å². The highest BCUT2D eigenvalue weighted by atomic mass is 79.9. The summed E-state index contributed by atoms with van der Waals surface area (Å²) in [5.74, 6) is 0. The van der Waals surface area contributed by atoms with E-state index in [0.717, 1.165) is 10.9 Å². The van der Waals surface area contributed by atoms with E-state index in [0.29, 0.717) is 6.54 Å². The number of aryl methyl sites for hydroxylation is 1. The van der Waals surface area contributed by atoms with Gasteiger partial charge in [-0.25, -0.2) is 0 Å². The van der Waals surface area contributed by atoms with E-state index in [1.165, 1.54) is 16.8 Å². The Morgan fingerprint density at radius 1 is 1.31 bits per heavy atom. The fourth-order valence-electron chi connectivity index (χ4n) is 1.71. The second kappa shape index (κ2) is 4.85.